The van der Waals surface area contributed by atoms with Crippen molar-refractivity contribution in [1.29, 1.82) is 0 Å². The molecule has 0 aliphatic rings. The number of hydrogen-bond donors (Lipinski definition) is 3. The number of aromatic amines is 1. The van der Waals surface area contributed by atoms with Gasteiger partial charge >= 0.3 is 0 Å². The summed E-state index contributed by atoms with van der Waals surface area (Å²) >= 11 is 0. The summed E-state index contributed by atoms with van der Waals surface area (Å²) in [6.45, 7) is 2.46. The van der Waals surface area contributed by atoms with Crippen LogP contribution in [0.25, 0.3) is 0 Å². The van der Waals surface area contributed by atoms with Crippen LogP contribution < -0.4 is 10.0 Å². The van der Waals surface area contributed by atoms with E-state index in [-0.39, 0.29) is 4.90 Å². The fourth-order valence-corrected chi connectivity index (χ4v) is 3.22. The number of H-pyrrole nitrogens is 1. The summed E-state index contributed by atoms with van der Waals surface area (Å²) in [7, 11) is -1.78. The molecule has 0 aromatic carbocycles. The molecule has 2 aromatic heterocycles. The number of nitrogens with zero attached hydrogens (tertiary/aromatic N) is 2. The van der Waals surface area contributed by atoms with E-state index in [1.807, 2.05) is 0 Å². The number of furan rings is 1. The molecule has 116 valence electrons. The summed E-state index contributed by atoms with van der Waals surface area (Å²) in [5, 5.41) is 9.39. The Morgan fingerprint density at radius 3 is 2.90 bits per heavy atom. The van der Waals surface area contributed by atoms with Crippen molar-refractivity contribution in [2.45, 2.75) is 31.2 Å². The number of hydrogen-bond acceptors (Lipinski definition) is 6. The van der Waals surface area contributed by atoms with Gasteiger partial charge in [-0.2, -0.15) is 5.10 Å². The number of rotatable bonds is 8. The molecule has 0 amide bonds. The molecule has 0 fully saturated rings. The highest BCUT2D eigenvalue weighted by Crippen LogP contribution is 2.19. The van der Waals surface area contributed by atoms with Gasteiger partial charge < -0.3 is 9.73 Å². The van der Waals surface area contributed by atoms with E-state index in [1.165, 1.54) is 6.33 Å². The van der Waals surface area contributed by atoms with Crippen LogP contribution in [0, 0.1) is 6.92 Å². The third-order valence-electron chi connectivity index (χ3n) is 2.91. The van der Waals surface area contributed by atoms with Crippen LogP contribution in [0.5, 0.6) is 0 Å². The number of aromatic nitrogens is 3. The lowest BCUT2D eigenvalue weighted by Crippen LogP contribution is -2.25. The van der Waals surface area contributed by atoms with Crippen molar-refractivity contribution >= 4 is 10.0 Å². The van der Waals surface area contributed by atoms with E-state index in [4.69, 9.17) is 4.42 Å². The lowest BCUT2D eigenvalue weighted by Gasteiger charge is -2.04. The van der Waals surface area contributed by atoms with E-state index >= 15 is 0 Å². The van der Waals surface area contributed by atoms with Gasteiger partial charge in [0, 0.05) is 19.0 Å². The third kappa shape index (κ3) is 4.13. The van der Waals surface area contributed by atoms with Crippen molar-refractivity contribution in [3.8, 4) is 0 Å². The van der Waals surface area contributed by atoms with E-state index in [2.05, 4.69) is 25.2 Å². The van der Waals surface area contributed by atoms with Crippen LogP contribution >= 0.6 is 0 Å². The van der Waals surface area contributed by atoms with Crippen molar-refractivity contribution in [3.63, 3.8) is 0 Å². The first-order valence-electron chi connectivity index (χ1n) is 6.61. The molecule has 3 N–H and O–H groups in total. The van der Waals surface area contributed by atoms with Gasteiger partial charge in [-0.25, -0.2) is 18.1 Å². The maximum atomic E-state index is 12.2. The first-order chi connectivity index (χ1) is 10.0. The molecule has 0 atom stereocenters. The molecule has 0 bridgehead atoms. The number of aryl methyl sites for hydroxylation is 2. The summed E-state index contributed by atoms with van der Waals surface area (Å²) in [6, 6.07) is 1.55. The molecule has 2 aromatic rings. The molecular formula is C12H19N5O3S. The van der Waals surface area contributed by atoms with Crippen molar-refractivity contribution in [2.75, 3.05) is 13.6 Å². The Kier molecular flexibility index (Phi) is 5.10. The number of nitrogens with one attached hydrogen (secondary N) is 3. The zero-order chi connectivity index (χ0) is 15.3. The largest absolute Gasteiger partial charge is 0.464 e. The molecule has 2 rings (SSSR count). The lowest BCUT2D eigenvalue weighted by molar-refractivity contribution is 0.465. The first-order valence-corrected chi connectivity index (χ1v) is 8.09. The average molecular weight is 313 g/mol. The van der Waals surface area contributed by atoms with Crippen LogP contribution in [-0.4, -0.2) is 37.2 Å². The monoisotopic (exact) mass is 313 g/mol. The Hall–Kier alpha value is -1.71. The Labute approximate surface area is 123 Å². The van der Waals surface area contributed by atoms with Gasteiger partial charge in [-0.3, -0.25) is 5.10 Å². The molecule has 8 nitrogen and oxygen atoms in total. The number of sulfonamides is 1. The lowest BCUT2D eigenvalue weighted by atomic mass is 10.3. The van der Waals surface area contributed by atoms with Crippen LogP contribution in [0.3, 0.4) is 0 Å². The zero-order valence-corrected chi connectivity index (χ0v) is 12.8. The summed E-state index contributed by atoms with van der Waals surface area (Å²) in [4.78, 5) is 4.17. The molecule has 0 unspecified atom stereocenters. The molecular weight excluding hydrogens is 294 g/mol. The summed E-state index contributed by atoms with van der Waals surface area (Å²) in [6.07, 6.45) is 2.70. The van der Waals surface area contributed by atoms with Crippen LogP contribution in [-0.2, 0) is 23.0 Å². The molecule has 0 saturated carbocycles. The van der Waals surface area contributed by atoms with Gasteiger partial charge in [-0.15, -0.1) is 0 Å². The van der Waals surface area contributed by atoms with Gasteiger partial charge in [0.2, 0.25) is 10.0 Å². The molecule has 0 radical (unpaired) electrons. The van der Waals surface area contributed by atoms with Crippen molar-refractivity contribution in [2.24, 2.45) is 0 Å². The van der Waals surface area contributed by atoms with Crippen LogP contribution in [0.2, 0.25) is 0 Å². The van der Waals surface area contributed by atoms with E-state index in [9.17, 15) is 8.42 Å². The zero-order valence-electron chi connectivity index (χ0n) is 12.0. The molecule has 9 heteroatoms. The normalized spacial score (nSPS) is 11.9. The van der Waals surface area contributed by atoms with Gasteiger partial charge in [-0.05, 0) is 20.4 Å². The molecule has 21 heavy (non-hydrogen) atoms. The average Bonchev–Trinajstić information content (AvgIpc) is 3.05. The van der Waals surface area contributed by atoms with Crippen molar-refractivity contribution in [1.82, 2.24) is 25.2 Å². The second-order valence-electron chi connectivity index (χ2n) is 4.60. The second kappa shape index (κ2) is 6.83. The Bertz CT molecular complexity index is 663. The molecule has 0 spiro atoms. The standard InChI is InChI=1S/C12H19N5O3S/c1-9-11(6-10(20-9)7-13-2)21(18,19)16-5-3-4-12-14-8-15-17-12/h6,8,13,16H,3-5,7H2,1-2H3,(H,14,15,17). The maximum absolute atomic E-state index is 12.2. The first kappa shape index (κ1) is 15.7. The van der Waals surface area contributed by atoms with E-state index in [0.717, 1.165) is 5.82 Å². The summed E-state index contributed by atoms with van der Waals surface area (Å²) in [5.74, 6) is 1.73. The van der Waals surface area contributed by atoms with E-state index < -0.39 is 10.0 Å². The third-order valence-corrected chi connectivity index (χ3v) is 4.48. The fraction of sp³-hybridized carbons (Fsp3) is 0.500. The highest BCUT2D eigenvalue weighted by Gasteiger charge is 2.20. The Balaban J connectivity index is 1.91. The van der Waals surface area contributed by atoms with Gasteiger partial charge in [0.15, 0.2) is 0 Å². The summed E-state index contributed by atoms with van der Waals surface area (Å²) < 4.78 is 32.4. The maximum Gasteiger partial charge on any atom is 0.244 e. The smallest absolute Gasteiger partial charge is 0.244 e. The van der Waals surface area contributed by atoms with Crippen LogP contribution in [0.4, 0.5) is 0 Å². The molecule has 2 heterocycles. The molecule has 0 saturated heterocycles. The van der Waals surface area contributed by atoms with Gasteiger partial charge in [0.05, 0.1) is 6.54 Å². The minimum Gasteiger partial charge on any atom is -0.464 e. The molecule has 0 aliphatic heterocycles. The topological polar surface area (TPSA) is 113 Å². The van der Waals surface area contributed by atoms with Crippen LogP contribution in [0.1, 0.15) is 23.8 Å². The second-order valence-corrected chi connectivity index (χ2v) is 6.33. The van der Waals surface area contributed by atoms with Gasteiger partial charge in [0.25, 0.3) is 0 Å². The van der Waals surface area contributed by atoms with Crippen LogP contribution in [0.15, 0.2) is 21.7 Å². The summed E-state index contributed by atoms with van der Waals surface area (Å²) in [5.41, 5.74) is 0. The Morgan fingerprint density at radius 2 is 2.24 bits per heavy atom. The predicted octanol–water partition coefficient (Wildman–Crippen LogP) is 0.337. The minimum absolute atomic E-state index is 0.187. The quantitative estimate of drug-likeness (QED) is 0.606. The highest BCUT2D eigenvalue weighted by atomic mass is 32.2. The highest BCUT2D eigenvalue weighted by molar-refractivity contribution is 7.89. The van der Waals surface area contributed by atoms with Crippen molar-refractivity contribution in [3.05, 3.63) is 29.7 Å². The molecule has 0 aliphatic carbocycles. The predicted molar refractivity (Wildman–Crippen MR) is 76.1 cm³/mol. The van der Waals surface area contributed by atoms with E-state index in [1.54, 1.807) is 20.0 Å². The Morgan fingerprint density at radius 1 is 1.43 bits per heavy atom. The van der Waals surface area contributed by atoms with Gasteiger partial charge in [0.1, 0.15) is 28.6 Å². The SMILES string of the molecule is CNCc1cc(S(=O)(=O)NCCCc2ncn[nH]2)c(C)o1. The van der Waals surface area contributed by atoms with Crippen molar-refractivity contribution < 1.29 is 12.8 Å². The fourth-order valence-electron chi connectivity index (χ4n) is 1.94. The van der Waals surface area contributed by atoms with E-state index in [0.29, 0.717) is 37.5 Å². The minimum atomic E-state index is -3.55. The van der Waals surface area contributed by atoms with Gasteiger partial charge in [-0.1, -0.05) is 0 Å².